The van der Waals surface area contributed by atoms with Crippen molar-refractivity contribution in [3.63, 3.8) is 0 Å². The standard InChI is InChI=1S/C17H14BrNO2/c18-14-7-5-13(6-8-14)16(20)11-19-10-9-12-3-1-2-4-15(12)17(19)21/h1-8H,9-11H2. The van der Waals surface area contributed by atoms with Gasteiger partial charge >= 0.3 is 0 Å². The van der Waals surface area contributed by atoms with Crippen LogP contribution in [0.25, 0.3) is 0 Å². The Morgan fingerprint density at radius 3 is 2.57 bits per heavy atom. The first-order valence-electron chi connectivity index (χ1n) is 6.81. The second-order valence-corrected chi connectivity index (χ2v) is 5.98. The molecule has 4 heteroatoms. The van der Waals surface area contributed by atoms with Gasteiger partial charge in [0.2, 0.25) is 0 Å². The smallest absolute Gasteiger partial charge is 0.254 e. The maximum atomic E-state index is 12.4. The molecule has 0 saturated carbocycles. The molecule has 3 nitrogen and oxygen atoms in total. The van der Waals surface area contributed by atoms with Crippen LogP contribution in [-0.4, -0.2) is 29.7 Å². The summed E-state index contributed by atoms with van der Waals surface area (Å²) in [7, 11) is 0. The molecule has 2 aromatic carbocycles. The van der Waals surface area contributed by atoms with Crippen LogP contribution < -0.4 is 0 Å². The van der Waals surface area contributed by atoms with E-state index < -0.39 is 0 Å². The van der Waals surface area contributed by atoms with Gasteiger partial charge in [0.25, 0.3) is 5.91 Å². The van der Waals surface area contributed by atoms with E-state index in [0.29, 0.717) is 17.7 Å². The van der Waals surface area contributed by atoms with Gasteiger partial charge in [0.15, 0.2) is 5.78 Å². The van der Waals surface area contributed by atoms with Crippen LogP contribution in [0.2, 0.25) is 0 Å². The quantitative estimate of drug-likeness (QED) is 0.801. The molecular weight excluding hydrogens is 330 g/mol. The van der Waals surface area contributed by atoms with E-state index in [1.54, 1.807) is 17.0 Å². The monoisotopic (exact) mass is 343 g/mol. The summed E-state index contributed by atoms with van der Waals surface area (Å²) >= 11 is 3.34. The Bertz CT molecular complexity index is 694. The van der Waals surface area contributed by atoms with Crippen molar-refractivity contribution in [2.24, 2.45) is 0 Å². The Kier molecular flexibility index (Phi) is 3.88. The number of Topliss-reactive ketones (excluding diaryl/α,β-unsaturated/α-hetero) is 1. The molecule has 1 aliphatic rings. The predicted molar refractivity (Wildman–Crippen MR) is 84.5 cm³/mol. The van der Waals surface area contributed by atoms with Crippen molar-refractivity contribution in [3.8, 4) is 0 Å². The molecule has 1 heterocycles. The summed E-state index contributed by atoms with van der Waals surface area (Å²) in [6, 6.07) is 14.8. The Balaban J connectivity index is 1.76. The fourth-order valence-corrected chi connectivity index (χ4v) is 2.79. The second kappa shape index (κ2) is 5.82. The summed E-state index contributed by atoms with van der Waals surface area (Å²) in [5.74, 6) is -0.0856. The zero-order valence-electron chi connectivity index (χ0n) is 11.4. The minimum atomic E-state index is -0.0534. The van der Waals surface area contributed by atoms with Crippen molar-refractivity contribution in [3.05, 3.63) is 69.7 Å². The third-order valence-electron chi connectivity index (χ3n) is 3.69. The maximum Gasteiger partial charge on any atom is 0.254 e. The Labute approximate surface area is 131 Å². The molecule has 2 aromatic rings. The SMILES string of the molecule is O=C(CN1CCc2ccccc2C1=O)c1ccc(Br)cc1. The van der Waals surface area contributed by atoms with Gasteiger partial charge in [-0.1, -0.05) is 46.3 Å². The molecule has 0 N–H and O–H groups in total. The number of ketones is 1. The summed E-state index contributed by atoms with van der Waals surface area (Å²) in [4.78, 5) is 26.3. The molecular formula is C17H14BrNO2. The van der Waals surface area contributed by atoms with Crippen molar-refractivity contribution in [1.82, 2.24) is 4.90 Å². The molecule has 1 amide bonds. The van der Waals surface area contributed by atoms with Gasteiger partial charge in [-0.15, -0.1) is 0 Å². The molecule has 0 aliphatic carbocycles. The maximum absolute atomic E-state index is 12.4. The number of hydrogen-bond donors (Lipinski definition) is 0. The first kappa shape index (κ1) is 14.0. The van der Waals surface area contributed by atoms with Crippen LogP contribution in [0.1, 0.15) is 26.3 Å². The molecule has 21 heavy (non-hydrogen) atoms. The van der Waals surface area contributed by atoms with Crippen molar-refractivity contribution in [1.29, 1.82) is 0 Å². The van der Waals surface area contributed by atoms with Crippen molar-refractivity contribution in [2.45, 2.75) is 6.42 Å². The number of halogens is 1. The highest BCUT2D eigenvalue weighted by molar-refractivity contribution is 9.10. The number of nitrogens with zero attached hydrogens (tertiary/aromatic N) is 1. The predicted octanol–water partition coefficient (Wildman–Crippen LogP) is 3.33. The van der Waals surface area contributed by atoms with Crippen LogP contribution in [-0.2, 0) is 6.42 Å². The van der Waals surface area contributed by atoms with Gasteiger partial charge in [0.05, 0.1) is 6.54 Å². The first-order valence-corrected chi connectivity index (χ1v) is 7.60. The molecule has 0 bridgehead atoms. The van der Waals surface area contributed by atoms with Gasteiger partial charge in [-0.2, -0.15) is 0 Å². The van der Waals surface area contributed by atoms with E-state index in [4.69, 9.17) is 0 Å². The molecule has 0 atom stereocenters. The molecule has 0 aromatic heterocycles. The number of carbonyl (C=O) groups is 2. The van der Waals surface area contributed by atoms with Gasteiger partial charge in [0.1, 0.15) is 0 Å². The Morgan fingerprint density at radius 2 is 1.81 bits per heavy atom. The second-order valence-electron chi connectivity index (χ2n) is 5.06. The van der Waals surface area contributed by atoms with Gasteiger partial charge in [0, 0.05) is 22.1 Å². The van der Waals surface area contributed by atoms with Crippen LogP contribution >= 0.6 is 15.9 Å². The molecule has 0 spiro atoms. The van der Waals surface area contributed by atoms with Gasteiger partial charge in [-0.05, 0) is 30.2 Å². The lowest BCUT2D eigenvalue weighted by atomic mass is 9.98. The summed E-state index contributed by atoms with van der Waals surface area (Å²) < 4.78 is 0.932. The number of hydrogen-bond acceptors (Lipinski definition) is 2. The minimum Gasteiger partial charge on any atom is -0.331 e. The van der Waals surface area contributed by atoms with E-state index in [0.717, 1.165) is 16.5 Å². The van der Waals surface area contributed by atoms with Gasteiger partial charge in [-0.3, -0.25) is 9.59 Å². The largest absolute Gasteiger partial charge is 0.331 e. The fourth-order valence-electron chi connectivity index (χ4n) is 2.53. The molecule has 0 saturated heterocycles. The van der Waals surface area contributed by atoms with Crippen molar-refractivity contribution >= 4 is 27.6 Å². The van der Waals surface area contributed by atoms with Crippen LogP contribution in [0.15, 0.2) is 53.0 Å². The molecule has 0 unspecified atom stereocenters. The number of benzene rings is 2. The van der Waals surface area contributed by atoms with Crippen LogP contribution in [0.3, 0.4) is 0 Å². The number of amides is 1. The first-order chi connectivity index (χ1) is 10.1. The Hall–Kier alpha value is -1.94. The van der Waals surface area contributed by atoms with Crippen LogP contribution in [0.5, 0.6) is 0 Å². The van der Waals surface area contributed by atoms with E-state index in [2.05, 4.69) is 15.9 Å². The van der Waals surface area contributed by atoms with E-state index in [-0.39, 0.29) is 18.2 Å². The minimum absolute atomic E-state index is 0.0322. The summed E-state index contributed by atoms with van der Waals surface area (Å²) in [5, 5.41) is 0. The molecule has 3 rings (SSSR count). The number of carbonyl (C=O) groups excluding carboxylic acids is 2. The van der Waals surface area contributed by atoms with E-state index in [1.165, 1.54) is 0 Å². The van der Waals surface area contributed by atoms with Gasteiger partial charge < -0.3 is 4.90 Å². The topological polar surface area (TPSA) is 37.4 Å². The van der Waals surface area contributed by atoms with E-state index in [1.807, 2.05) is 36.4 Å². The lowest BCUT2D eigenvalue weighted by molar-refractivity contribution is 0.0696. The molecule has 0 fully saturated rings. The average Bonchev–Trinajstić information content (AvgIpc) is 2.51. The van der Waals surface area contributed by atoms with E-state index >= 15 is 0 Å². The zero-order chi connectivity index (χ0) is 14.8. The normalized spacial score (nSPS) is 14.0. The van der Waals surface area contributed by atoms with Crippen LogP contribution in [0.4, 0.5) is 0 Å². The zero-order valence-corrected chi connectivity index (χ0v) is 13.0. The molecule has 1 aliphatic heterocycles. The summed E-state index contributed by atoms with van der Waals surface area (Å²) in [6.45, 7) is 0.729. The Morgan fingerprint density at radius 1 is 1.10 bits per heavy atom. The lowest BCUT2D eigenvalue weighted by Crippen LogP contribution is -2.40. The van der Waals surface area contributed by atoms with Crippen molar-refractivity contribution < 1.29 is 9.59 Å². The molecule has 106 valence electrons. The highest BCUT2D eigenvalue weighted by Gasteiger charge is 2.25. The summed E-state index contributed by atoms with van der Waals surface area (Å²) in [6.07, 6.45) is 0.801. The average molecular weight is 344 g/mol. The molecule has 0 radical (unpaired) electrons. The van der Waals surface area contributed by atoms with E-state index in [9.17, 15) is 9.59 Å². The fraction of sp³-hybridized carbons (Fsp3) is 0.176. The third kappa shape index (κ3) is 2.90. The number of rotatable bonds is 3. The highest BCUT2D eigenvalue weighted by Crippen LogP contribution is 2.19. The van der Waals surface area contributed by atoms with Gasteiger partial charge in [-0.25, -0.2) is 0 Å². The highest BCUT2D eigenvalue weighted by atomic mass is 79.9. The van der Waals surface area contributed by atoms with Crippen molar-refractivity contribution in [2.75, 3.05) is 13.1 Å². The van der Waals surface area contributed by atoms with Crippen LogP contribution in [0, 0.1) is 0 Å². The summed E-state index contributed by atoms with van der Waals surface area (Å²) in [5.41, 5.74) is 2.41. The third-order valence-corrected chi connectivity index (χ3v) is 4.22. The number of fused-ring (bicyclic) bond motifs is 1. The lowest BCUT2D eigenvalue weighted by Gasteiger charge is -2.27.